The van der Waals surface area contributed by atoms with Crippen molar-refractivity contribution < 1.29 is 48.1 Å². The average molecular weight is 463 g/mol. The molecule has 1 aromatic carbocycles. The van der Waals surface area contributed by atoms with Crippen molar-refractivity contribution >= 4 is 0 Å². The first-order valence-corrected chi connectivity index (χ1v) is 10.7. The van der Waals surface area contributed by atoms with Crippen molar-refractivity contribution in [1.29, 1.82) is 0 Å². The van der Waals surface area contributed by atoms with Crippen LogP contribution < -0.4 is 9.47 Å². The van der Waals surface area contributed by atoms with Crippen molar-refractivity contribution in [3.05, 3.63) is 23.3 Å². The second-order valence-electron chi connectivity index (χ2n) is 6.52. The summed E-state index contributed by atoms with van der Waals surface area (Å²) in [7, 11) is 3.24. The maximum absolute atomic E-state index is 9.68. The van der Waals surface area contributed by atoms with Crippen molar-refractivity contribution in [2.24, 2.45) is 0 Å². The third-order valence-corrected chi connectivity index (χ3v) is 4.16. The summed E-state index contributed by atoms with van der Waals surface area (Å²) in [6.45, 7) is 4.95. The first-order chi connectivity index (χ1) is 15.8. The molecule has 0 aliphatic heterocycles. The molecule has 2 N–H and O–H groups in total. The Kier molecular flexibility index (Phi) is 18.0. The summed E-state index contributed by atoms with van der Waals surface area (Å²) < 4.78 is 42.7. The molecule has 0 saturated carbocycles. The van der Waals surface area contributed by atoms with Gasteiger partial charge in [0.25, 0.3) is 0 Å². The van der Waals surface area contributed by atoms with E-state index in [1.54, 1.807) is 26.4 Å². The molecule has 0 atom stereocenters. The highest BCUT2D eigenvalue weighted by Crippen LogP contribution is 2.29. The number of hydrogen-bond acceptors (Lipinski definition) is 10. The van der Waals surface area contributed by atoms with Crippen molar-refractivity contribution in [3.63, 3.8) is 0 Å². The molecule has 0 saturated heterocycles. The van der Waals surface area contributed by atoms with Crippen LogP contribution in [0.3, 0.4) is 0 Å². The van der Waals surface area contributed by atoms with E-state index in [-0.39, 0.29) is 13.2 Å². The Labute approximate surface area is 190 Å². The number of aliphatic hydroxyl groups excluding tert-OH is 2. The van der Waals surface area contributed by atoms with Gasteiger partial charge in [0.1, 0.15) is 24.7 Å². The van der Waals surface area contributed by atoms with Crippen LogP contribution in [0.25, 0.3) is 0 Å². The van der Waals surface area contributed by atoms with E-state index in [0.717, 1.165) is 0 Å². The predicted molar refractivity (Wildman–Crippen MR) is 116 cm³/mol. The molecule has 1 rings (SSSR count). The van der Waals surface area contributed by atoms with Gasteiger partial charge in [-0.3, -0.25) is 0 Å². The van der Waals surface area contributed by atoms with Crippen LogP contribution in [0.2, 0.25) is 0 Å². The van der Waals surface area contributed by atoms with Gasteiger partial charge in [-0.15, -0.1) is 0 Å². The first-order valence-electron chi connectivity index (χ1n) is 10.7. The Morgan fingerprint density at radius 2 is 0.812 bits per heavy atom. The number of rotatable bonds is 22. The van der Waals surface area contributed by atoms with Crippen LogP contribution in [0, 0.1) is 0 Å². The Morgan fingerprint density at radius 1 is 0.500 bits per heavy atom. The maximum Gasteiger partial charge on any atom is 0.125 e. The van der Waals surface area contributed by atoms with Crippen LogP contribution in [-0.4, -0.2) is 104 Å². The maximum atomic E-state index is 9.68. The van der Waals surface area contributed by atoms with Crippen LogP contribution in [0.1, 0.15) is 11.1 Å². The topological polar surface area (TPSA) is 114 Å². The van der Waals surface area contributed by atoms with Crippen molar-refractivity contribution in [2.75, 3.05) is 93.5 Å². The zero-order valence-electron chi connectivity index (χ0n) is 19.2. The van der Waals surface area contributed by atoms with Gasteiger partial charge in [-0.05, 0) is 12.1 Å². The fourth-order valence-corrected chi connectivity index (χ4v) is 2.51. The standard InChI is InChI=1S/C22H38O10/c1-25-3-5-27-7-9-29-11-13-31-21-15-20(18-24)22(16-19(21)17-23)32-14-12-30-10-8-28-6-4-26-2/h15-16,23-24H,3-14,17-18H2,1-2H3. The number of aliphatic hydroxyl groups is 2. The van der Waals surface area contributed by atoms with E-state index in [4.69, 9.17) is 37.9 Å². The molecule has 10 nitrogen and oxygen atoms in total. The number of hydrogen-bond donors (Lipinski definition) is 2. The highest BCUT2D eigenvalue weighted by Gasteiger charge is 2.12. The van der Waals surface area contributed by atoms with Gasteiger partial charge in [-0.25, -0.2) is 0 Å². The number of ether oxygens (including phenoxy) is 8. The Morgan fingerprint density at radius 3 is 1.12 bits per heavy atom. The lowest BCUT2D eigenvalue weighted by Gasteiger charge is -2.16. The summed E-state index contributed by atoms with van der Waals surface area (Å²) in [6, 6.07) is 3.33. The smallest absolute Gasteiger partial charge is 0.125 e. The molecule has 0 aliphatic carbocycles. The monoisotopic (exact) mass is 462 g/mol. The second-order valence-corrected chi connectivity index (χ2v) is 6.52. The van der Waals surface area contributed by atoms with Gasteiger partial charge in [-0.2, -0.15) is 0 Å². The van der Waals surface area contributed by atoms with Gasteiger partial charge in [0.05, 0.1) is 79.3 Å². The zero-order chi connectivity index (χ0) is 23.3. The fourth-order valence-electron chi connectivity index (χ4n) is 2.51. The Bertz CT molecular complexity index is 520. The van der Waals surface area contributed by atoms with Gasteiger partial charge in [0.15, 0.2) is 0 Å². The highest BCUT2D eigenvalue weighted by molar-refractivity contribution is 5.46. The van der Waals surface area contributed by atoms with E-state index < -0.39 is 0 Å². The molecule has 0 amide bonds. The molecule has 1 aromatic rings. The molecular formula is C22H38O10. The lowest BCUT2D eigenvalue weighted by atomic mass is 10.1. The molecule has 0 unspecified atom stereocenters. The van der Waals surface area contributed by atoms with E-state index >= 15 is 0 Å². The lowest BCUT2D eigenvalue weighted by Crippen LogP contribution is -2.14. The molecule has 10 heteroatoms. The molecule has 32 heavy (non-hydrogen) atoms. The van der Waals surface area contributed by atoms with E-state index in [1.807, 2.05) is 0 Å². The third-order valence-electron chi connectivity index (χ3n) is 4.16. The number of benzene rings is 1. The van der Waals surface area contributed by atoms with Crippen LogP contribution in [-0.2, 0) is 41.6 Å². The van der Waals surface area contributed by atoms with E-state index in [0.29, 0.717) is 102 Å². The predicted octanol–water partition coefficient (Wildman–Crippen LogP) is 0.788. The number of methoxy groups -OCH3 is 2. The minimum absolute atomic E-state index is 0.221. The molecular weight excluding hydrogens is 424 g/mol. The van der Waals surface area contributed by atoms with Gasteiger partial charge in [0.2, 0.25) is 0 Å². The quantitative estimate of drug-likeness (QED) is 0.240. The van der Waals surface area contributed by atoms with E-state index in [1.165, 1.54) is 0 Å². The molecule has 0 bridgehead atoms. The van der Waals surface area contributed by atoms with Gasteiger partial charge >= 0.3 is 0 Å². The Hall–Kier alpha value is -1.50. The largest absolute Gasteiger partial charge is 0.491 e. The molecule has 0 aliphatic rings. The fraction of sp³-hybridized carbons (Fsp3) is 0.727. The minimum Gasteiger partial charge on any atom is -0.491 e. The molecule has 186 valence electrons. The SMILES string of the molecule is COCCOCCOCCOc1cc(CO)c(OCCOCCOCCOC)cc1CO. The summed E-state index contributed by atoms with van der Waals surface area (Å²) >= 11 is 0. The zero-order valence-corrected chi connectivity index (χ0v) is 19.2. The molecule has 0 aromatic heterocycles. The lowest BCUT2D eigenvalue weighted by molar-refractivity contribution is 0.0175. The van der Waals surface area contributed by atoms with E-state index in [9.17, 15) is 10.2 Å². The molecule has 0 spiro atoms. The third kappa shape index (κ3) is 13.1. The van der Waals surface area contributed by atoms with Crippen molar-refractivity contribution in [2.45, 2.75) is 13.2 Å². The summed E-state index contributed by atoms with van der Waals surface area (Å²) in [5.74, 6) is 0.960. The van der Waals surface area contributed by atoms with E-state index in [2.05, 4.69) is 0 Å². The van der Waals surface area contributed by atoms with Crippen LogP contribution >= 0.6 is 0 Å². The molecule has 0 radical (unpaired) electrons. The van der Waals surface area contributed by atoms with Gasteiger partial charge in [0, 0.05) is 25.3 Å². The average Bonchev–Trinajstić information content (AvgIpc) is 2.82. The minimum atomic E-state index is -0.221. The summed E-state index contributed by atoms with van der Waals surface area (Å²) in [5.41, 5.74) is 1.13. The highest BCUT2D eigenvalue weighted by atomic mass is 16.6. The van der Waals surface area contributed by atoms with Crippen LogP contribution in [0.4, 0.5) is 0 Å². The summed E-state index contributed by atoms with van der Waals surface area (Å²) in [6.07, 6.45) is 0. The van der Waals surface area contributed by atoms with Gasteiger partial charge < -0.3 is 48.1 Å². The van der Waals surface area contributed by atoms with Crippen molar-refractivity contribution in [3.8, 4) is 11.5 Å². The van der Waals surface area contributed by atoms with Gasteiger partial charge in [-0.1, -0.05) is 0 Å². The summed E-state index contributed by atoms with van der Waals surface area (Å²) in [5, 5.41) is 19.4. The second kappa shape index (κ2) is 20.1. The Balaban J connectivity index is 2.33. The van der Waals surface area contributed by atoms with Crippen LogP contribution in [0.5, 0.6) is 11.5 Å². The van der Waals surface area contributed by atoms with Crippen LogP contribution in [0.15, 0.2) is 12.1 Å². The first kappa shape index (κ1) is 28.5. The van der Waals surface area contributed by atoms with Crippen molar-refractivity contribution in [1.82, 2.24) is 0 Å². The normalized spacial score (nSPS) is 11.1. The summed E-state index contributed by atoms with van der Waals surface area (Å²) in [4.78, 5) is 0. The molecule has 0 heterocycles. The molecule has 0 fully saturated rings.